The van der Waals surface area contributed by atoms with E-state index < -0.39 is 0 Å². The number of hydrogen-bond acceptors (Lipinski definition) is 3. The molecule has 0 saturated heterocycles. The van der Waals surface area contributed by atoms with Gasteiger partial charge < -0.3 is 14.8 Å². The van der Waals surface area contributed by atoms with Crippen LogP contribution in [0.5, 0.6) is 0 Å². The maximum absolute atomic E-state index is 5.43. The molecule has 1 unspecified atom stereocenters. The quantitative estimate of drug-likeness (QED) is 0.491. The van der Waals surface area contributed by atoms with Gasteiger partial charge in [-0.3, -0.25) is 0 Å². The largest absolute Gasteiger partial charge is 0.497 e. The summed E-state index contributed by atoms with van der Waals surface area (Å²) in [6, 6.07) is 0. The van der Waals surface area contributed by atoms with Crippen molar-refractivity contribution in [2.75, 3.05) is 26.3 Å². The van der Waals surface area contributed by atoms with Crippen LogP contribution in [0.2, 0.25) is 0 Å². The third-order valence-electron chi connectivity index (χ3n) is 2.28. The van der Waals surface area contributed by atoms with E-state index in [2.05, 4.69) is 18.0 Å². The summed E-state index contributed by atoms with van der Waals surface area (Å²) in [6.45, 7) is 6.97. The average molecular weight is 211 g/mol. The van der Waals surface area contributed by atoms with Crippen molar-refractivity contribution in [2.24, 2.45) is 0 Å². The Kier molecular flexibility index (Phi) is 6.96. The predicted molar refractivity (Wildman–Crippen MR) is 61.7 cm³/mol. The molecule has 0 aromatic heterocycles. The van der Waals surface area contributed by atoms with E-state index in [4.69, 9.17) is 9.47 Å². The minimum absolute atomic E-state index is 0.336. The van der Waals surface area contributed by atoms with Gasteiger partial charge in [0.15, 0.2) is 0 Å². The highest BCUT2D eigenvalue weighted by Crippen LogP contribution is 2.08. The van der Waals surface area contributed by atoms with E-state index in [9.17, 15) is 0 Å². The van der Waals surface area contributed by atoms with Crippen molar-refractivity contribution in [3.05, 3.63) is 25.0 Å². The molecule has 0 amide bonds. The van der Waals surface area contributed by atoms with Crippen molar-refractivity contribution in [1.82, 2.24) is 5.32 Å². The smallest absolute Gasteiger partial charge is 0.110 e. The van der Waals surface area contributed by atoms with E-state index in [0.717, 1.165) is 45.6 Å². The molecule has 0 aromatic carbocycles. The van der Waals surface area contributed by atoms with Gasteiger partial charge in [-0.1, -0.05) is 6.08 Å². The van der Waals surface area contributed by atoms with Crippen LogP contribution < -0.4 is 5.32 Å². The molecule has 0 aliphatic carbocycles. The highest BCUT2D eigenvalue weighted by atomic mass is 16.5. The number of allylic oxidation sites excluding steroid dienone is 1. The Morgan fingerprint density at radius 3 is 3.20 bits per heavy atom. The summed E-state index contributed by atoms with van der Waals surface area (Å²) < 4.78 is 10.8. The van der Waals surface area contributed by atoms with Crippen LogP contribution >= 0.6 is 0 Å². The van der Waals surface area contributed by atoms with Crippen LogP contribution in [0, 0.1) is 0 Å². The molecule has 0 radical (unpaired) electrons. The van der Waals surface area contributed by atoms with Crippen molar-refractivity contribution in [3.8, 4) is 0 Å². The summed E-state index contributed by atoms with van der Waals surface area (Å²) in [5.74, 6) is 0. The van der Waals surface area contributed by atoms with Gasteiger partial charge in [0.2, 0.25) is 0 Å². The Bertz CT molecular complexity index is 192. The fourth-order valence-corrected chi connectivity index (χ4v) is 1.41. The third-order valence-corrected chi connectivity index (χ3v) is 2.28. The first-order chi connectivity index (χ1) is 7.43. The van der Waals surface area contributed by atoms with Crippen molar-refractivity contribution in [3.63, 3.8) is 0 Å². The van der Waals surface area contributed by atoms with Crippen LogP contribution in [0.4, 0.5) is 0 Å². The summed E-state index contributed by atoms with van der Waals surface area (Å²) in [4.78, 5) is 0. The van der Waals surface area contributed by atoms with Gasteiger partial charge in [-0.05, 0) is 25.3 Å². The van der Waals surface area contributed by atoms with Crippen LogP contribution in [-0.4, -0.2) is 32.4 Å². The Hall–Kier alpha value is -0.800. The van der Waals surface area contributed by atoms with Crippen LogP contribution in [-0.2, 0) is 9.47 Å². The predicted octanol–water partition coefficient (Wildman–Crippen LogP) is 1.86. The molecule has 1 heterocycles. The van der Waals surface area contributed by atoms with Gasteiger partial charge in [0.25, 0.3) is 0 Å². The Morgan fingerprint density at radius 1 is 1.53 bits per heavy atom. The zero-order chi connectivity index (χ0) is 10.8. The van der Waals surface area contributed by atoms with Crippen LogP contribution in [0.15, 0.2) is 25.0 Å². The maximum Gasteiger partial charge on any atom is 0.110 e. The fraction of sp³-hybridized carbons (Fsp3) is 0.667. The van der Waals surface area contributed by atoms with Gasteiger partial charge in [-0.15, -0.1) is 6.58 Å². The average Bonchev–Trinajstić information content (AvgIpc) is 2.29. The summed E-state index contributed by atoms with van der Waals surface area (Å²) >= 11 is 0. The second-order valence-electron chi connectivity index (χ2n) is 3.60. The molecule has 1 N–H and O–H groups in total. The zero-order valence-corrected chi connectivity index (χ0v) is 9.28. The molecular formula is C12H21NO2. The van der Waals surface area contributed by atoms with Gasteiger partial charge >= 0.3 is 0 Å². The molecule has 0 saturated carbocycles. The summed E-state index contributed by atoms with van der Waals surface area (Å²) in [6.07, 6.45) is 9.24. The number of nitrogens with one attached hydrogen (secondary N) is 1. The molecule has 1 rings (SSSR count). The van der Waals surface area contributed by atoms with Crippen molar-refractivity contribution in [2.45, 2.75) is 25.4 Å². The summed E-state index contributed by atoms with van der Waals surface area (Å²) in [5, 5.41) is 3.32. The number of ether oxygens (including phenoxy) is 2. The zero-order valence-electron chi connectivity index (χ0n) is 9.28. The van der Waals surface area contributed by atoms with E-state index in [-0.39, 0.29) is 0 Å². The van der Waals surface area contributed by atoms with Crippen LogP contribution in [0.3, 0.4) is 0 Å². The molecule has 0 fully saturated rings. The Labute approximate surface area is 92.1 Å². The Balaban J connectivity index is 1.84. The van der Waals surface area contributed by atoms with E-state index in [0.29, 0.717) is 6.10 Å². The first-order valence-electron chi connectivity index (χ1n) is 5.63. The monoisotopic (exact) mass is 211 g/mol. The molecule has 1 aliphatic heterocycles. The number of rotatable bonds is 8. The lowest BCUT2D eigenvalue weighted by atomic mass is 10.1. The van der Waals surface area contributed by atoms with Gasteiger partial charge in [0.1, 0.15) is 6.10 Å². The number of hydrogen-bond donors (Lipinski definition) is 1. The van der Waals surface area contributed by atoms with E-state index >= 15 is 0 Å². The molecule has 1 atom stereocenters. The molecule has 86 valence electrons. The molecule has 0 bridgehead atoms. The molecule has 15 heavy (non-hydrogen) atoms. The molecule has 3 heteroatoms. The van der Waals surface area contributed by atoms with Gasteiger partial charge in [0.05, 0.1) is 19.5 Å². The van der Waals surface area contributed by atoms with Crippen molar-refractivity contribution in [1.29, 1.82) is 0 Å². The first kappa shape index (κ1) is 12.3. The molecule has 1 aliphatic rings. The van der Waals surface area contributed by atoms with Crippen LogP contribution in [0.25, 0.3) is 0 Å². The van der Waals surface area contributed by atoms with E-state index in [1.54, 1.807) is 6.26 Å². The second-order valence-corrected chi connectivity index (χ2v) is 3.60. The second kappa shape index (κ2) is 8.50. The highest BCUT2D eigenvalue weighted by molar-refractivity contribution is 4.82. The minimum Gasteiger partial charge on any atom is -0.497 e. The standard InChI is InChI=1S/C12H21NO2/c1-2-3-8-14-10-7-13-11-12-6-4-5-9-15-12/h2,5,9,12-13H,1,3-4,6-8,10-11H2. The third kappa shape index (κ3) is 6.31. The van der Waals surface area contributed by atoms with Crippen molar-refractivity contribution < 1.29 is 9.47 Å². The maximum atomic E-state index is 5.43. The minimum atomic E-state index is 0.336. The van der Waals surface area contributed by atoms with Crippen LogP contribution in [0.1, 0.15) is 19.3 Å². The van der Waals surface area contributed by atoms with Crippen molar-refractivity contribution >= 4 is 0 Å². The molecule has 0 aromatic rings. The topological polar surface area (TPSA) is 30.5 Å². The summed E-state index contributed by atoms with van der Waals surface area (Å²) in [5.41, 5.74) is 0. The first-order valence-corrected chi connectivity index (χ1v) is 5.63. The Morgan fingerprint density at radius 2 is 2.47 bits per heavy atom. The van der Waals surface area contributed by atoms with E-state index in [1.807, 2.05) is 6.08 Å². The van der Waals surface area contributed by atoms with Gasteiger partial charge in [-0.2, -0.15) is 0 Å². The highest BCUT2D eigenvalue weighted by Gasteiger charge is 2.09. The molecular weight excluding hydrogens is 190 g/mol. The van der Waals surface area contributed by atoms with E-state index in [1.165, 1.54) is 0 Å². The molecule has 0 spiro atoms. The fourth-order valence-electron chi connectivity index (χ4n) is 1.41. The molecule has 3 nitrogen and oxygen atoms in total. The lowest BCUT2D eigenvalue weighted by molar-refractivity contribution is 0.111. The normalized spacial score (nSPS) is 19.9. The lowest BCUT2D eigenvalue weighted by Crippen LogP contribution is -2.31. The summed E-state index contributed by atoms with van der Waals surface area (Å²) in [7, 11) is 0. The SMILES string of the molecule is C=CCCOCCNCC1CCC=CO1. The van der Waals surface area contributed by atoms with Gasteiger partial charge in [-0.25, -0.2) is 0 Å². The lowest BCUT2D eigenvalue weighted by Gasteiger charge is -2.19. The van der Waals surface area contributed by atoms with Gasteiger partial charge in [0, 0.05) is 13.1 Å².